The van der Waals surface area contributed by atoms with Crippen LogP contribution in [0, 0.1) is 0 Å². The van der Waals surface area contributed by atoms with E-state index in [2.05, 4.69) is 6.58 Å². The van der Waals surface area contributed by atoms with Crippen molar-refractivity contribution in [1.82, 2.24) is 0 Å². The molecule has 3 nitrogen and oxygen atoms in total. The highest BCUT2D eigenvalue weighted by molar-refractivity contribution is 6.54. The van der Waals surface area contributed by atoms with Gasteiger partial charge in [-0.2, -0.15) is 0 Å². The van der Waals surface area contributed by atoms with E-state index in [4.69, 9.17) is 15.0 Å². The van der Waals surface area contributed by atoms with Crippen molar-refractivity contribution >= 4 is 7.12 Å². The molecular formula is C11H22BNO2. The molecule has 0 aliphatic carbocycles. The SMILES string of the molecule is C=C(B1OC(C)(C)C(C)(C)O1)C(N)CC. The summed E-state index contributed by atoms with van der Waals surface area (Å²) in [5.41, 5.74) is 6.12. The summed E-state index contributed by atoms with van der Waals surface area (Å²) in [6, 6.07) is -0.0558. The second-order valence-electron chi connectivity index (χ2n) is 5.18. The third-order valence-corrected chi connectivity index (χ3v) is 3.47. The van der Waals surface area contributed by atoms with Crippen molar-refractivity contribution in [3.05, 3.63) is 12.1 Å². The van der Waals surface area contributed by atoms with Crippen molar-refractivity contribution in [2.75, 3.05) is 0 Å². The summed E-state index contributed by atoms with van der Waals surface area (Å²) in [6.45, 7) is 14.1. The average molecular weight is 211 g/mol. The Bertz CT molecular complexity index is 247. The lowest BCUT2D eigenvalue weighted by Gasteiger charge is -2.32. The van der Waals surface area contributed by atoms with Gasteiger partial charge in [-0.15, -0.1) is 6.58 Å². The van der Waals surface area contributed by atoms with Crippen LogP contribution in [0.15, 0.2) is 12.1 Å². The van der Waals surface area contributed by atoms with E-state index in [1.165, 1.54) is 0 Å². The van der Waals surface area contributed by atoms with Crippen LogP contribution in [-0.2, 0) is 9.31 Å². The van der Waals surface area contributed by atoms with Crippen molar-refractivity contribution in [2.45, 2.75) is 58.3 Å². The molecule has 2 N–H and O–H groups in total. The van der Waals surface area contributed by atoms with E-state index in [1.807, 2.05) is 34.6 Å². The molecule has 1 atom stereocenters. The summed E-state index contributed by atoms with van der Waals surface area (Å²) in [4.78, 5) is 0. The average Bonchev–Trinajstić information content (AvgIpc) is 2.33. The van der Waals surface area contributed by atoms with E-state index in [0.29, 0.717) is 0 Å². The van der Waals surface area contributed by atoms with Crippen LogP contribution < -0.4 is 5.73 Å². The zero-order chi connectivity index (χ0) is 11.9. The Balaban J connectivity index is 2.75. The summed E-state index contributed by atoms with van der Waals surface area (Å²) >= 11 is 0. The van der Waals surface area contributed by atoms with Crippen molar-refractivity contribution in [3.63, 3.8) is 0 Å². The van der Waals surface area contributed by atoms with Crippen LogP contribution in [0.1, 0.15) is 41.0 Å². The number of nitrogens with two attached hydrogens (primary N) is 1. The van der Waals surface area contributed by atoms with Gasteiger partial charge in [-0.05, 0) is 39.6 Å². The Labute approximate surface area is 93.2 Å². The molecular weight excluding hydrogens is 189 g/mol. The van der Waals surface area contributed by atoms with Gasteiger partial charge < -0.3 is 15.0 Å². The molecule has 1 heterocycles. The van der Waals surface area contributed by atoms with Crippen LogP contribution in [0.25, 0.3) is 0 Å². The number of rotatable bonds is 3. The molecule has 1 unspecified atom stereocenters. The summed E-state index contributed by atoms with van der Waals surface area (Å²) < 4.78 is 11.7. The summed E-state index contributed by atoms with van der Waals surface area (Å²) in [6.07, 6.45) is 0.850. The largest absolute Gasteiger partial charge is 0.491 e. The Morgan fingerprint density at radius 2 is 1.67 bits per heavy atom. The molecule has 0 radical (unpaired) electrons. The third-order valence-electron chi connectivity index (χ3n) is 3.47. The Morgan fingerprint density at radius 1 is 1.27 bits per heavy atom. The third kappa shape index (κ3) is 2.27. The molecule has 1 saturated heterocycles. The van der Waals surface area contributed by atoms with Crippen LogP contribution >= 0.6 is 0 Å². The van der Waals surface area contributed by atoms with Gasteiger partial charge in [0.1, 0.15) is 0 Å². The van der Waals surface area contributed by atoms with E-state index >= 15 is 0 Å². The molecule has 15 heavy (non-hydrogen) atoms. The van der Waals surface area contributed by atoms with Gasteiger partial charge in [-0.3, -0.25) is 0 Å². The molecule has 0 spiro atoms. The van der Waals surface area contributed by atoms with E-state index in [9.17, 15) is 0 Å². The van der Waals surface area contributed by atoms with Crippen LogP contribution in [0.4, 0.5) is 0 Å². The lowest BCUT2D eigenvalue weighted by Crippen LogP contribution is -2.41. The van der Waals surface area contributed by atoms with E-state index in [-0.39, 0.29) is 24.4 Å². The van der Waals surface area contributed by atoms with Gasteiger partial charge in [-0.25, -0.2) is 0 Å². The van der Waals surface area contributed by atoms with Crippen molar-refractivity contribution in [3.8, 4) is 0 Å². The molecule has 0 amide bonds. The highest BCUT2D eigenvalue weighted by Gasteiger charge is 2.52. The van der Waals surface area contributed by atoms with Gasteiger partial charge in [-0.1, -0.05) is 6.92 Å². The fraction of sp³-hybridized carbons (Fsp3) is 0.818. The fourth-order valence-corrected chi connectivity index (χ4v) is 1.43. The molecule has 0 aromatic carbocycles. The fourth-order valence-electron chi connectivity index (χ4n) is 1.43. The number of hydrogen-bond donors (Lipinski definition) is 1. The topological polar surface area (TPSA) is 44.5 Å². The zero-order valence-electron chi connectivity index (χ0n) is 10.5. The van der Waals surface area contributed by atoms with Gasteiger partial charge in [0.15, 0.2) is 0 Å². The molecule has 1 rings (SSSR count). The summed E-state index contributed by atoms with van der Waals surface area (Å²) in [5, 5.41) is 0. The minimum absolute atomic E-state index is 0.0558. The standard InChI is InChI=1S/C11H22BNO2/c1-7-9(13)8(2)12-14-10(3,4)11(5,6)15-12/h9H,2,7,13H2,1,3-6H3. The maximum Gasteiger partial charge on any atom is 0.491 e. The molecule has 86 valence electrons. The molecule has 1 fully saturated rings. The summed E-state index contributed by atoms with van der Waals surface area (Å²) in [5.74, 6) is 0. The molecule has 1 aliphatic rings. The monoisotopic (exact) mass is 211 g/mol. The normalized spacial score (nSPS) is 25.3. The Morgan fingerprint density at radius 3 is 2.00 bits per heavy atom. The lowest BCUT2D eigenvalue weighted by molar-refractivity contribution is 0.00578. The number of hydrogen-bond acceptors (Lipinski definition) is 3. The zero-order valence-corrected chi connectivity index (χ0v) is 10.5. The highest BCUT2D eigenvalue weighted by Crippen LogP contribution is 2.38. The first-order valence-corrected chi connectivity index (χ1v) is 5.51. The van der Waals surface area contributed by atoms with Crippen molar-refractivity contribution < 1.29 is 9.31 Å². The minimum atomic E-state index is -0.370. The summed E-state index contributed by atoms with van der Waals surface area (Å²) in [7, 11) is -0.370. The highest BCUT2D eigenvalue weighted by atomic mass is 16.7. The van der Waals surface area contributed by atoms with Gasteiger partial charge in [0.05, 0.1) is 11.2 Å². The van der Waals surface area contributed by atoms with E-state index in [0.717, 1.165) is 11.9 Å². The predicted molar refractivity (Wildman–Crippen MR) is 63.5 cm³/mol. The van der Waals surface area contributed by atoms with E-state index in [1.54, 1.807) is 0 Å². The molecule has 0 saturated carbocycles. The maximum atomic E-state index is 5.91. The van der Waals surface area contributed by atoms with Crippen molar-refractivity contribution in [1.29, 1.82) is 0 Å². The first-order valence-electron chi connectivity index (χ1n) is 5.51. The lowest BCUT2D eigenvalue weighted by atomic mass is 9.74. The van der Waals surface area contributed by atoms with Crippen LogP contribution in [0.3, 0.4) is 0 Å². The van der Waals surface area contributed by atoms with Crippen molar-refractivity contribution in [2.24, 2.45) is 5.73 Å². The molecule has 0 bridgehead atoms. The van der Waals surface area contributed by atoms with Crippen LogP contribution in [0.2, 0.25) is 0 Å². The first kappa shape index (κ1) is 12.8. The van der Waals surface area contributed by atoms with Gasteiger partial charge in [0.25, 0.3) is 0 Å². The smallest absolute Gasteiger partial charge is 0.400 e. The van der Waals surface area contributed by atoms with E-state index < -0.39 is 0 Å². The molecule has 0 aromatic heterocycles. The second-order valence-corrected chi connectivity index (χ2v) is 5.18. The van der Waals surface area contributed by atoms with Gasteiger partial charge in [0, 0.05) is 6.04 Å². The molecule has 0 aromatic rings. The van der Waals surface area contributed by atoms with Crippen LogP contribution in [0.5, 0.6) is 0 Å². The quantitative estimate of drug-likeness (QED) is 0.725. The second kappa shape index (κ2) is 3.93. The molecule has 4 heteroatoms. The Kier molecular flexibility index (Phi) is 3.34. The van der Waals surface area contributed by atoms with Crippen LogP contribution in [-0.4, -0.2) is 24.4 Å². The predicted octanol–water partition coefficient (Wildman–Crippen LogP) is 1.91. The van der Waals surface area contributed by atoms with Gasteiger partial charge in [0.2, 0.25) is 0 Å². The van der Waals surface area contributed by atoms with Gasteiger partial charge >= 0.3 is 7.12 Å². The maximum absolute atomic E-state index is 5.91. The molecule has 1 aliphatic heterocycles. The minimum Gasteiger partial charge on any atom is -0.400 e. The first-order chi connectivity index (χ1) is 6.71. The Hall–Kier alpha value is -0.315.